The summed E-state index contributed by atoms with van der Waals surface area (Å²) < 4.78 is 0. The van der Waals surface area contributed by atoms with E-state index in [0.29, 0.717) is 6.04 Å². The van der Waals surface area contributed by atoms with Crippen LogP contribution in [-0.2, 0) is 0 Å². The smallest absolute Gasteiger partial charge is 0.0917 e. The molecule has 1 unspecified atom stereocenters. The van der Waals surface area contributed by atoms with Crippen LogP contribution in [0.2, 0.25) is 0 Å². The minimum atomic E-state index is 0.225. The SMILES string of the molecule is CC1N=NC=C1C(C)(C)C. The number of azo groups is 1. The third kappa shape index (κ3) is 1.25. The van der Waals surface area contributed by atoms with Gasteiger partial charge in [0.15, 0.2) is 0 Å². The van der Waals surface area contributed by atoms with Crippen LogP contribution < -0.4 is 0 Å². The maximum Gasteiger partial charge on any atom is 0.0917 e. The monoisotopic (exact) mass is 138 g/mol. The quantitative estimate of drug-likeness (QED) is 0.491. The Labute approximate surface area is 62.0 Å². The molecule has 0 amide bonds. The summed E-state index contributed by atoms with van der Waals surface area (Å²) in [4.78, 5) is 0. The highest BCUT2D eigenvalue weighted by molar-refractivity contribution is 5.19. The van der Waals surface area contributed by atoms with Crippen LogP contribution in [0, 0.1) is 5.41 Å². The molecule has 0 aromatic rings. The first-order valence-electron chi connectivity index (χ1n) is 3.62. The first kappa shape index (κ1) is 7.45. The van der Waals surface area contributed by atoms with Crippen molar-refractivity contribution in [3.8, 4) is 0 Å². The van der Waals surface area contributed by atoms with Gasteiger partial charge >= 0.3 is 0 Å². The average Bonchev–Trinajstić information content (AvgIpc) is 2.11. The standard InChI is InChI=1S/C8H14N2/c1-6-7(5-9-10-6)8(2,3)4/h5-6H,1-4H3. The normalized spacial score (nSPS) is 25.2. The third-order valence-corrected chi connectivity index (χ3v) is 1.75. The van der Waals surface area contributed by atoms with Gasteiger partial charge in [0.25, 0.3) is 0 Å². The van der Waals surface area contributed by atoms with Crippen LogP contribution >= 0.6 is 0 Å². The lowest BCUT2D eigenvalue weighted by Crippen LogP contribution is -2.15. The van der Waals surface area contributed by atoms with Crippen molar-refractivity contribution in [1.29, 1.82) is 0 Å². The fourth-order valence-electron chi connectivity index (χ4n) is 1.19. The summed E-state index contributed by atoms with van der Waals surface area (Å²) in [6.45, 7) is 8.64. The Morgan fingerprint density at radius 1 is 1.40 bits per heavy atom. The van der Waals surface area contributed by atoms with E-state index in [1.807, 2.05) is 6.20 Å². The second-order valence-corrected chi connectivity index (χ2v) is 3.74. The summed E-state index contributed by atoms with van der Waals surface area (Å²) in [6, 6.07) is 0.292. The second-order valence-electron chi connectivity index (χ2n) is 3.74. The van der Waals surface area contributed by atoms with Crippen molar-refractivity contribution >= 4 is 0 Å². The van der Waals surface area contributed by atoms with Crippen molar-refractivity contribution in [2.75, 3.05) is 0 Å². The molecule has 0 aliphatic carbocycles. The second kappa shape index (κ2) is 2.19. The topological polar surface area (TPSA) is 24.7 Å². The van der Waals surface area contributed by atoms with Crippen molar-refractivity contribution in [1.82, 2.24) is 0 Å². The van der Waals surface area contributed by atoms with Gasteiger partial charge in [-0.2, -0.15) is 10.2 Å². The fourth-order valence-corrected chi connectivity index (χ4v) is 1.19. The van der Waals surface area contributed by atoms with Gasteiger partial charge < -0.3 is 0 Å². The van der Waals surface area contributed by atoms with Crippen LogP contribution in [0.25, 0.3) is 0 Å². The largest absolute Gasteiger partial charge is 0.182 e. The minimum Gasteiger partial charge on any atom is -0.182 e. The molecule has 10 heavy (non-hydrogen) atoms. The molecule has 2 heteroatoms. The summed E-state index contributed by atoms with van der Waals surface area (Å²) in [5, 5.41) is 7.89. The van der Waals surface area contributed by atoms with Gasteiger partial charge in [0.05, 0.1) is 12.2 Å². The van der Waals surface area contributed by atoms with Crippen molar-refractivity contribution in [3.05, 3.63) is 11.8 Å². The molecule has 56 valence electrons. The molecule has 0 saturated heterocycles. The van der Waals surface area contributed by atoms with Gasteiger partial charge in [-0.3, -0.25) is 0 Å². The lowest BCUT2D eigenvalue weighted by Gasteiger charge is -2.21. The molecular weight excluding hydrogens is 124 g/mol. The lowest BCUT2D eigenvalue weighted by atomic mass is 9.84. The maximum atomic E-state index is 4.02. The van der Waals surface area contributed by atoms with E-state index >= 15 is 0 Å². The predicted octanol–water partition coefficient (Wildman–Crippen LogP) is 2.77. The molecule has 1 rings (SSSR count). The van der Waals surface area contributed by atoms with E-state index in [2.05, 4.69) is 37.9 Å². The average molecular weight is 138 g/mol. The molecule has 0 aromatic heterocycles. The Balaban J connectivity index is 2.78. The molecule has 0 bridgehead atoms. The van der Waals surface area contributed by atoms with Crippen LogP contribution in [0.15, 0.2) is 22.0 Å². The van der Waals surface area contributed by atoms with Crippen molar-refractivity contribution < 1.29 is 0 Å². The molecule has 0 fully saturated rings. The van der Waals surface area contributed by atoms with Crippen molar-refractivity contribution in [2.45, 2.75) is 33.7 Å². The Kier molecular flexibility index (Phi) is 1.63. The van der Waals surface area contributed by atoms with E-state index in [-0.39, 0.29) is 5.41 Å². The number of nitrogens with zero attached hydrogens (tertiary/aromatic N) is 2. The fraction of sp³-hybridized carbons (Fsp3) is 0.750. The lowest BCUT2D eigenvalue weighted by molar-refractivity contribution is 0.475. The molecular formula is C8H14N2. The first-order valence-corrected chi connectivity index (χ1v) is 3.62. The zero-order chi connectivity index (χ0) is 7.78. The van der Waals surface area contributed by atoms with Crippen LogP contribution in [0.1, 0.15) is 27.7 Å². The van der Waals surface area contributed by atoms with E-state index < -0.39 is 0 Å². The van der Waals surface area contributed by atoms with Crippen molar-refractivity contribution in [2.24, 2.45) is 15.6 Å². The van der Waals surface area contributed by atoms with Crippen molar-refractivity contribution in [3.63, 3.8) is 0 Å². The van der Waals surface area contributed by atoms with Crippen LogP contribution in [0.4, 0.5) is 0 Å². The summed E-state index contributed by atoms with van der Waals surface area (Å²) in [5.74, 6) is 0. The molecule has 1 heterocycles. The van der Waals surface area contributed by atoms with Crippen LogP contribution in [0.3, 0.4) is 0 Å². The number of hydrogen-bond acceptors (Lipinski definition) is 2. The van der Waals surface area contributed by atoms with Gasteiger partial charge in [0, 0.05) is 0 Å². The molecule has 0 saturated carbocycles. The van der Waals surface area contributed by atoms with E-state index in [9.17, 15) is 0 Å². The summed E-state index contributed by atoms with van der Waals surface area (Å²) in [5.41, 5.74) is 1.55. The van der Waals surface area contributed by atoms with E-state index in [1.165, 1.54) is 5.57 Å². The Morgan fingerprint density at radius 3 is 2.20 bits per heavy atom. The zero-order valence-corrected chi connectivity index (χ0v) is 7.05. The Bertz CT molecular complexity index is 184. The number of rotatable bonds is 0. The molecule has 1 aliphatic heterocycles. The third-order valence-electron chi connectivity index (χ3n) is 1.75. The van der Waals surface area contributed by atoms with Gasteiger partial charge in [-0.15, -0.1) is 0 Å². The number of hydrogen-bond donors (Lipinski definition) is 0. The highest BCUT2D eigenvalue weighted by atomic mass is 15.1. The molecule has 0 spiro atoms. The Hall–Kier alpha value is -0.660. The highest BCUT2D eigenvalue weighted by Crippen LogP contribution is 2.32. The summed E-state index contributed by atoms with van der Waals surface area (Å²) in [7, 11) is 0. The van der Waals surface area contributed by atoms with Gasteiger partial charge in [0.2, 0.25) is 0 Å². The molecule has 1 aliphatic rings. The summed E-state index contributed by atoms with van der Waals surface area (Å²) >= 11 is 0. The van der Waals surface area contributed by atoms with Gasteiger partial charge in [-0.1, -0.05) is 20.8 Å². The first-order chi connectivity index (χ1) is 4.52. The van der Waals surface area contributed by atoms with Gasteiger partial charge in [0.1, 0.15) is 0 Å². The maximum absolute atomic E-state index is 4.02. The minimum absolute atomic E-state index is 0.225. The zero-order valence-electron chi connectivity index (χ0n) is 7.05. The molecule has 1 atom stereocenters. The molecule has 0 aromatic carbocycles. The van der Waals surface area contributed by atoms with Crippen LogP contribution in [-0.4, -0.2) is 6.04 Å². The van der Waals surface area contributed by atoms with E-state index in [1.54, 1.807) is 0 Å². The van der Waals surface area contributed by atoms with E-state index in [0.717, 1.165) is 0 Å². The predicted molar refractivity (Wildman–Crippen MR) is 41.9 cm³/mol. The Morgan fingerprint density at radius 2 is 2.00 bits per heavy atom. The molecule has 0 N–H and O–H groups in total. The summed E-state index contributed by atoms with van der Waals surface area (Å²) in [6.07, 6.45) is 1.88. The molecule has 0 radical (unpaired) electrons. The van der Waals surface area contributed by atoms with Gasteiger partial charge in [-0.25, -0.2) is 0 Å². The van der Waals surface area contributed by atoms with Crippen LogP contribution in [0.5, 0.6) is 0 Å². The molecule has 2 nitrogen and oxygen atoms in total. The van der Waals surface area contributed by atoms with E-state index in [4.69, 9.17) is 0 Å². The highest BCUT2D eigenvalue weighted by Gasteiger charge is 2.24. The van der Waals surface area contributed by atoms with Gasteiger partial charge in [-0.05, 0) is 17.9 Å².